The first-order valence-electron chi connectivity index (χ1n) is 12.3. The first-order chi connectivity index (χ1) is 17.8. The van der Waals surface area contributed by atoms with Crippen LogP contribution in [0.5, 0.6) is 17.4 Å². The van der Waals surface area contributed by atoms with Crippen LogP contribution < -0.4 is 14.4 Å². The highest BCUT2D eigenvalue weighted by atomic mass is 19.4. The summed E-state index contributed by atoms with van der Waals surface area (Å²) >= 11 is 0. The number of benzene rings is 2. The first-order valence-corrected chi connectivity index (χ1v) is 12.3. The van der Waals surface area contributed by atoms with Gasteiger partial charge in [0.2, 0.25) is 11.8 Å². The summed E-state index contributed by atoms with van der Waals surface area (Å²) in [6, 6.07) is 12.8. The molecule has 7 nitrogen and oxygen atoms in total. The molecular formula is C27H30F3N5O2. The van der Waals surface area contributed by atoms with Gasteiger partial charge in [-0.05, 0) is 36.9 Å². The molecule has 0 spiro atoms. The summed E-state index contributed by atoms with van der Waals surface area (Å²) in [5.74, 6) is 2.32. The van der Waals surface area contributed by atoms with Gasteiger partial charge in [0, 0.05) is 52.2 Å². The quantitative estimate of drug-likeness (QED) is 0.477. The Morgan fingerprint density at radius 2 is 1.59 bits per heavy atom. The molecule has 1 fully saturated rings. The van der Waals surface area contributed by atoms with Gasteiger partial charge in [0.15, 0.2) is 11.5 Å². The summed E-state index contributed by atoms with van der Waals surface area (Å²) in [4.78, 5) is 16.4. The molecule has 0 aliphatic carbocycles. The molecule has 1 saturated heterocycles. The number of piperazine rings is 1. The van der Waals surface area contributed by atoms with Gasteiger partial charge in [0.1, 0.15) is 0 Å². The highest BCUT2D eigenvalue weighted by Gasteiger charge is 2.30. The van der Waals surface area contributed by atoms with E-state index in [0.29, 0.717) is 42.8 Å². The fourth-order valence-corrected chi connectivity index (χ4v) is 4.66. The topological polar surface area (TPSA) is 54.0 Å². The van der Waals surface area contributed by atoms with Crippen LogP contribution in [-0.4, -0.2) is 66.6 Å². The molecule has 0 N–H and O–H groups in total. The fraction of sp³-hybridized carbons (Fsp3) is 0.407. The SMILES string of the molecule is COc1ccccc1Oc1nc(N2CCN(C)CC2)nc2c1CN(Cc1ccc(C(F)(F)F)cc1)CC2. The summed E-state index contributed by atoms with van der Waals surface area (Å²) in [7, 11) is 3.70. The third kappa shape index (κ3) is 5.80. The van der Waals surface area contributed by atoms with Crippen molar-refractivity contribution in [1.29, 1.82) is 0 Å². The van der Waals surface area contributed by atoms with Crippen molar-refractivity contribution in [1.82, 2.24) is 19.8 Å². The van der Waals surface area contributed by atoms with Crippen molar-refractivity contribution < 1.29 is 22.6 Å². The van der Waals surface area contributed by atoms with Crippen LogP contribution in [0.1, 0.15) is 22.4 Å². The van der Waals surface area contributed by atoms with Crippen LogP contribution in [0.4, 0.5) is 19.1 Å². The van der Waals surface area contributed by atoms with Gasteiger partial charge in [-0.15, -0.1) is 0 Å². The van der Waals surface area contributed by atoms with Gasteiger partial charge in [-0.3, -0.25) is 4.90 Å². The number of alkyl halides is 3. The maximum atomic E-state index is 13.0. The van der Waals surface area contributed by atoms with E-state index in [9.17, 15) is 13.2 Å². The van der Waals surface area contributed by atoms with Crippen LogP contribution in [-0.2, 0) is 25.7 Å². The Morgan fingerprint density at radius 1 is 0.892 bits per heavy atom. The largest absolute Gasteiger partial charge is 0.493 e. The summed E-state index contributed by atoms with van der Waals surface area (Å²) in [5, 5.41) is 0. The first kappa shape index (κ1) is 25.3. The van der Waals surface area contributed by atoms with Gasteiger partial charge < -0.3 is 19.3 Å². The summed E-state index contributed by atoms with van der Waals surface area (Å²) in [6.07, 6.45) is -3.65. The Bertz CT molecular complexity index is 1230. The van der Waals surface area contributed by atoms with E-state index in [2.05, 4.69) is 21.7 Å². The zero-order valence-corrected chi connectivity index (χ0v) is 21.0. The molecule has 0 bridgehead atoms. The Morgan fingerprint density at radius 3 is 2.27 bits per heavy atom. The van der Waals surface area contributed by atoms with E-state index in [-0.39, 0.29) is 0 Å². The Labute approximate surface area is 214 Å². The normalized spacial score (nSPS) is 16.9. The highest BCUT2D eigenvalue weighted by Crippen LogP contribution is 2.36. The minimum Gasteiger partial charge on any atom is -0.493 e. The molecule has 0 atom stereocenters. The smallest absolute Gasteiger partial charge is 0.416 e. The predicted molar refractivity (Wildman–Crippen MR) is 134 cm³/mol. The molecule has 0 unspecified atom stereocenters. The molecule has 2 aliphatic rings. The van der Waals surface area contributed by atoms with Gasteiger partial charge in [-0.1, -0.05) is 24.3 Å². The van der Waals surface area contributed by atoms with Gasteiger partial charge in [-0.25, -0.2) is 4.98 Å². The number of nitrogens with zero attached hydrogens (tertiary/aromatic N) is 5. The monoisotopic (exact) mass is 513 g/mol. The molecule has 10 heteroatoms. The van der Waals surface area contributed by atoms with E-state index in [1.54, 1.807) is 7.11 Å². The van der Waals surface area contributed by atoms with E-state index < -0.39 is 11.7 Å². The maximum absolute atomic E-state index is 13.0. The van der Waals surface area contributed by atoms with Crippen LogP contribution in [0.3, 0.4) is 0 Å². The van der Waals surface area contributed by atoms with Gasteiger partial charge >= 0.3 is 6.18 Å². The summed E-state index contributed by atoms with van der Waals surface area (Å²) < 4.78 is 50.7. The van der Waals surface area contributed by atoms with Gasteiger partial charge in [0.05, 0.1) is 23.9 Å². The fourth-order valence-electron chi connectivity index (χ4n) is 4.66. The third-order valence-electron chi connectivity index (χ3n) is 6.84. The number of fused-ring (bicyclic) bond motifs is 1. The second-order valence-corrected chi connectivity index (χ2v) is 9.45. The van der Waals surface area contributed by atoms with Gasteiger partial charge in [-0.2, -0.15) is 18.2 Å². The average molecular weight is 514 g/mol. The number of ether oxygens (including phenoxy) is 2. The van der Waals surface area contributed by atoms with Crippen LogP contribution in [0.15, 0.2) is 48.5 Å². The standard InChI is InChI=1S/C27H30F3N5O2/c1-33-13-15-35(16-14-33)26-31-22-11-12-34(17-19-7-9-20(10-8-19)27(28,29)30)18-21(22)25(32-26)37-24-6-4-3-5-23(24)36-2/h3-10H,11-18H2,1-2H3. The highest BCUT2D eigenvalue weighted by molar-refractivity contribution is 5.47. The number of halogens is 3. The minimum absolute atomic E-state index is 0.487. The van der Waals surface area contributed by atoms with E-state index in [0.717, 1.165) is 61.7 Å². The maximum Gasteiger partial charge on any atom is 0.416 e. The van der Waals surface area contributed by atoms with Crippen molar-refractivity contribution in [3.8, 4) is 17.4 Å². The second kappa shape index (κ2) is 10.5. The summed E-state index contributed by atoms with van der Waals surface area (Å²) in [6.45, 7) is 5.33. The zero-order chi connectivity index (χ0) is 26.0. The molecule has 196 valence electrons. The van der Waals surface area contributed by atoms with Gasteiger partial charge in [0.25, 0.3) is 0 Å². The average Bonchev–Trinajstić information content (AvgIpc) is 2.89. The van der Waals surface area contributed by atoms with Crippen molar-refractivity contribution in [2.45, 2.75) is 25.7 Å². The zero-order valence-electron chi connectivity index (χ0n) is 21.0. The van der Waals surface area contributed by atoms with E-state index in [4.69, 9.17) is 19.4 Å². The molecule has 37 heavy (non-hydrogen) atoms. The van der Waals surface area contributed by atoms with Crippen molar-refractivity contribution in [3.63, 3.8) is 0 Å². The van der Waals surface area contributed by atoms with E-state index >= 15 is 0 Å². The van der Waals surface area contributed by atoms with Crippen molar-refractivity contribution in [3.05, 3.63) is 70.9 Å². The molecule has 0 radical (unpaired) electrons. The lowest BCUT2D eigenvalue weighted by molar-refractivity contribution is -0.137. The summed E-state index contributed by atoms with van der Waals surface area (Å²) in [5.41, 5.74) is 2.01. The molecule has 5 rings (SSSR count). The van der Waals surface area contributed by atoms with Crippen LogP contribution in [0, 0.1) is 0 Å². The molecule has 3 heterocycles. The number of methoxy groups -OCH3 is 1. The van der Waals surface area contributed by atoms with E-state index in [1.165, 1.54) is 12.1 Å². The lowest BCUT2D eigenvalue weighted by atomic mass is 10.0. The number of hydrogen-bond donors (Lipinski definition) is 0. The number of rotatable bonds is 6. The number of anilines is 1. The molecule has 3 aromatic rings. The lowest BCUT2D eigenvalue weighted by Crippen LogP contribution is -2.45. The molecule has 0 saturated carbocycles. The molecular weight excluding hydrogens is 483 g/mol. The number of hydrogen-bond acceptors (Lipinski definition) is 7. The Hall–Kier alpha value is -3.37. The number of likely N-dealkylation sites (N-methyl/N-ethyl adjacent to an activating group) is 1. The third-order valence-corrected chi connectivity index (χ3v) is 6.84. The minimum atomic E-state index is -4.34. The van der Waals surface area contributed by atoms with Crippen molar-refractivity contribution in [2.75, 3.05) is 51.8 Å². The van der Waals surface area contributed by atoms with Crippen LogP contribution in [0.2, 0.25) is 0 Å². The molecule has 0 amide bonds. The lowest BCUT2D eigenvalue weighted by Gasteiger charge is -2.34. The van der Waals surface area contributed by atoms with Crippen molar-refractivity contribution >= 4 is 5.95 Å². The molecule has 2 aromatic carbocycles. The predicted octanol–water partition coefficient (Wildman–Crippen LogP) is 4.61. The molecule has 1 aromatic heterocycles. The Balaban J connectivity index is 1.42. The van der Waals surface area contributed by atoms with Crippen LogP contribution >= 0.6 is 0 Å². The molecule has 2 aliphatic heterocycles. The second-order valence-electron chi connectivity index (χ2n) is 9.45. The van der Waals surface area contributed by atoms with Crippen LogP contribution in [0.25, 0.3) is 0 Å². The number of aromatic nitrogens is 2. The Kier molecular flexibility index (Phi) is 7.21. The van der Waals surface area contributed by atoms with Crippen molar-refractivity contribution in [2.24, 2.45) is 0 Å². The van der Waals surface area contributed by atoms with E-state index in [1.807, 2.05) is 24.3 Å². The number of para-hydroxylation sites is 2.